The van der Waals surface area contributed by atoms with Crippen molar-refractivity contribution in [2.24, 2.45) is 0 Å². The molecule has 1 aromatic carbocycles. The molecule has 5 heteroatoms. The summed E-state index contributed by atoms with van der Waals surface area (Å²) in [6, 6.07) is 4.91. The molecule has 1 aliphatic heterocycles. The minimum atomic E-state index is -0.588. The number of hydrogen-bond acceptors (Lipinski definition) is 4. The summed E-state index contributed by atoms with van der Waals surface area (Å²) < 4.78 is 9.90. The van der Waals surface area contributed by atoms with E-state index in [2.05, 4.69) is 0 Å². The zero-order valence-corrected chi connectivity index (χ0v) is 9.24. The Hall–Kier alpha value is -1.26. The van der Waals surface area contributed by atoms with Crippen LogP contribution in [-0.4, -0.2) is 29.7 Å². The van der Waals surface area contributed by atoms with Crippen molar-refractivity contribution in [1.82, 2.24) is 0 Å². The fourth-order valence-corrected chi connectivity index (χ4v) is 1.43. The zero-order valence-electron chi connectivity index (χ0n) is 8.48. The van der Waals surface area contributed by atoms with Crippen LogP contribution in [0.5, 0.6) is 11.5 Å². The Bertz CT molecular complexity index is 401. The van der Waals surface area contributed by atoms with E-state index in [-0.39, 0.29) is 23.5 Å². The molecule has 1 unspecified atom stereocenters. The predicted molar refractivity (Wildman–Crippen MR) is 57.9 cm³/mol. The lowest BCUT2D eigenvalue weighted by Crippen LogP contribution is -2.09. The highest BCUT2D eigenvalue weighted by Crippen LogP contribution is 2.28. The molecule has 0 radical (unpaired) electrons. The van der Waals surface area contributed by atoms with Crippen LogP contribution in [0.3, 0.4) is 0 Å². The standard InChI is InChI=1S/C11H11ClO4/c12-5-11(14)16-10-2-1-7(4-9(10)13)3-8-6-15-8/h1-2,4,8,13H,3,5-6H2. The van der Waals surface area contributed by atoms with Crippen molar-refractivity contribution in [1.29, 1.82) is 0 Å². The second-order valence-electron chi connectivity index (χ2n) is 3.57. The molecule has 1 heterocycles. The maximum absolute atomic E-state index is 10.9. The predicted octanol–water partition coefficient (Wildman–Crippen LogP) is 1.48. The molecule has 1 N–H and O–H groups in total. The van der Waals surface area contributed by atoms with Gasteiger partial charge in [-0.2, -0.15) is 0 Å². The van der Waals surface area contributed by atoms with Gasteiger partial charge in [0.1, 0.15) is 5.88 Å². The summed E-state index contributed by atoms with van der Waals surface area (Å²) in [4.78, 5) is 10.9. The zero-order chi connectivity index (χ0) is 11.5. The van der Waals surface area contributed by atoms with Crippen molar-refractivity contribution in [2.75, 3.05) is 12.5 Å². The van der Waals surface area contributed by atoms with Gasteiger partial charge < -0.3 is 14.6 Å². The Morgan fingerprint density at radius 1 is 1.62 bits per heavy atom. The molecule has 0 bridgehead atoms. The molecule has 0 saturated carbocycles. The number of carbonyl (C=O) groups excluding carboxylic acids is 1. The third-order valence-electron chi connectivity index (χ3n) is 2.22. The van der Waals surface area contributed by atoms with E-state index >= 15 is 0 Å². The number of aromatic hydroxyl groups is 1. The van der Waals surface area contributed by atoms with Gasteiger partial charge >= 0.3 is 5.97 Å². The van der Waals surface area contributed by atoms with E-state index in [1.807, 2.05) is 0 Å². The van der Waals surface area contributed by atoms with Gasteiger partial charge in [0.25, 0.3) is 0 Å². The van der Waals surface area contributed by atoms with E-state index < -0.39 is 5.97 Å². The smallest absolute Gasteiger partial charge is 0.326 e. The normalized spacial score (nSPS) is 18.2. The van der Waals surface area contributed by atoms with Crippen LogP contribution in [-0.2, 0) is 16.0 Å². The fourth-order valence-electron chi connectivity index (χ4n) is 1.37. The van der Waals surface area contributed by atoms with Gasteiger partial charge in [-0.15, -0.1) is 11.6 Å². The number of carbonyl (C=O) groups is 1. The number of halogens is 1. The van der Waals surface area contributed by atoms with Gasteiger partial charge in [0.2, 0.25) is 0 Å². The summed E-state index contributed by atoms with van der Waals surface area (Å²) in [7, 11) is 0. The molecular weight excluding hydrogens is 232 g/mol. The number of benzene rings is 1. The minimum absolute atomic E-state index is 0.0587. The second-order valence-corrected chi connectivity index (χ2v) is 3.84. The van der Waals surface area contributed by atoms with Crippen LogP contribution >= 0.6 is 11.6 Å². The number of epoxide rings is 1. The monoisotopic (exact) mass is 242 g/mol. The summed E-state index contributed by atoms with van der Waals surface area (Å²) in [5.74, 6) is -0.755. The molecule has 1 fully saturated rings. The number of phenols is 1. The Balaban J connectivity index is 2.06. The molecule has 16 heavy (non-hydrogen) atoms. The molecule has 0 aliphatic carbocycles. The van der Waals surface area contributed by atoms with Crippen molar-refractivity contribution in [3.63, 3.8) is 0 Å². The van der Waals surface area contributed by atoms with E-state index in [1.54, 1.807) is 18.2 Å². The van der Waals surface area contributed by atoms with Crippen molar-refractivity contribution in [2.45, 2.75) is 12.5 Å². The van der Waals surface area contributed by atoms with Gasteiger partial charge in [0, 0.05) is 6.42 Å². The molecule has 1 aromatic rings. The highest BCUT2D eigenvalue weighted by molar-refractivity contribution is 6.26. The van der Waals surface area contributed by atoms with Crippen LogP contribution < -0.4 is 4.74 Å². The summed E-state index contributed by atoms with van der Waals surface area (Å²) in [6.07, 6.45) is 1.02. The van der Waals surface area contributed by atoms with Crippen LogP contribution in [0.1, 0.15) is 5.56 Å². The lowest BCUT2D eigenvalue weighted by Gasteiger charge is -2.06. The maximum atomic E-state index is 10.9. The Kier molecular flexibility index (Phi) is 3.31. The topological polar surface area (TPSA) is 59.1 Å². The Morgan fingerprint density at radius 2 is 2.38 bits per heavy atom. The quantitative estimate of drug-likeness (QED) is 0.376. The first-order valence-electron chi connectivity index (χ1n) is 4.89. The summed E-state index contributed by atoms with van der Waals surface area (Å²) in [6.45, 7) is 0.768. The number of ether oxygens (including phenoxy) is 2. The molecule has 4 nitrogen and oxygen atoms in total. The van der Waals surface area contributed by atoms with Crippen LogP contribution in [0, 0.1) is 0 Å². The fraction of sp³-hybridized carbons (Fsp3) is 0.364. The summed E-state index contributed by atoms with van der Waals surface area (Å²) in [5, 5.41) is 9.61. The first-order chi connectivity index (χ1) is 7.69. The van der Waals surface area contributed by atoms with E-state index in [0.29, 0.717) is 0 Å². The first kappa shape index (κ1) is 11.2. The third-order valence-corrected chi connectivity index (χ3v) is 2.44. The lowest BCUT2D eigenvalue weighted by molar-refractivity contribution is -0.131. The van der Waals surface area contributed by atoms with E-state index in [0.717, 1.165) is 18.6 Å². The summed E-state index contributed by atoms with van der Waals surface area (Å²) in [5.41, 5.74) is 0.950. The SMILES string of the molecule is O=C(CCl)Oc1ccc(CC2CO2)cc1O. The molecular formula is C11H11ClO4. The molecule has 1 saturated heterocycles. The summed E-state index contributed by atoms with van der Waals surface area (Å²) >= 11 is 5.29. The number of hydrogen-bond donors (Lipinski definition) is 1. The average molecular weight is 243 g/mol. The molecule has 0 amide bonds. The Labute approximate surface area is 97.7 Å². The number of esters is 1. The molecule has 1 aliphatic rings. The lowest BCUT2D eigenvalue weighted by atomic mass is 10.1. The molecule has 2 rings (SSSR count). The molecule has 1 atom stereocenters. The molecule has 0 spiro atoms. The van der Waals surface area contributed by atoms with Crippen LogP contribution in [0.15, 0.2) is 18.2 Å². The van der Waals surface area contributed by atoms with Gasteiger partial charge in [-0.1, -0.05) is 6.07 Å². The van der Waals surface area contributed by atoms with E-state index in [1.165, 1.54) is 0 Å². The van der Waals surface area contributed by atoms with Crippen molar-refractivity contribution in [3.8, 4) is 11.5 Å². The maximum Gasteiger partial charge on any atom is 0.326 e. The molecule has 0 aromatic heterocycles. The van der Waals surface area contributed by atoms with Gasteiger partial charge in [-0.25, -0.2) is 0 Å². The first-order valence-corrected chi connectivity index (χ1v) is 5.42. The highest BCUT2D eigenvalue weighted by atomic mass is 35.5. The van der Waals surface area contributed by atoms with E-state index in [9.17, 15) is 9.90 Å². The van der Waals surface area contributed by atoms with Gasteiger partial charge in [-0.3, -0.25) is 4.79 Å². The third kappa shape index (κ3) is 2.87. The van der Waals surface area contributed by atoms with Gasteiger partial charge in [-0.05, 0) is 17.7 Å². The van der Waals surface area contributed by atoms with Crippen LogP contribution in [0.4, 0.5) is 0 Å². The Morgan fingerprint density at radius 3 is 2.94 bits per heavy atom. The highest BCUT2D eigenvalue weighted by Gasteiger charge is 2.23. The average Bonchev–Trinajstić information content (AvgIpc) is 3.06. The van der Waals surface area contributed by atoms with Crippen molar-refractivity contribution in [3.05, 3.63) is 23.8 Å². The minimum Gasteiger partial charge on any atom is -0.504 e. The number of alkyl halides is 1. The van der Waals surface area contributed by atoms with Gasteiger partial charge in [0.15, 0.2) is 11.5 Å². The molecule has 86 valence electrons. The van der Waals surface area contributed by atoms with Crippen LogP contribution in [0.25, 0.3) is 0 Å². The van der Waals surface area contributed by atoms with Crippen LogP contribution in [0.2, 0.25) is 0 Å². The second kappa shape index (κ2) is 4.72. The number of rotatable bonds is 4. The largest absolute Gasteiger partial charge is 0.504 e. The van der Waals surface area contributed by atoms with Crippen molar-refractivity contribution < 1.29 is 19.4 Å². The van der Waals surface area contributed by atoms with Gasteiger partial charge in [0.05, 0.1) is 12.7 Å². The van der Waals surface area contributed by atoms with E-state index in [4.69, 9.17) is 21.1 Å². The number of phenolic OH excluding ortho intramolecular Hbond substituents is 1. The van der Waals surface area contributed by atoms with Crippen molar-refractivity contribution >= 4 is 17.6 Å².